The van der Waals surface area contributed by atoms with Crippen molar-refractivity contribution in [2.45, 2.75) is 6.42 Å². The molecule has 0 amide bonds. The number of hydrogen-bond acceptors (Lipinski definition) is 5. The molecule has 0 aliphatic rings. The van der Waals surface area contributed by atoms with Gasteiger partial charge in [-0.2, -0.15) is 0 Å². The molecule has 0 N–H and O–H groups in total. The van der Waals surface area contributed by atoms with Crippen LogP contribution in [0.25, 0.3) is 16.8 Å². The van der Waals surface area contributed by atoms with E-state index >= 15 is 0 Å². The molecule has 5 nitrogen and oxygen atoms in total. The van der Waals surface area contributed by atoms with Crippen molar-refractivity contribution >= 4 is 34.4 Å². The van der Waals surface area contributed by atoms with E-state index in [0.29, 0.717) is 40.7 Å². The van der Waals surface area contributed by atoms with E-state index < -0.39 is 5.97 Å². The minimum atomic E-state index is -0.442. The van der Waals surface area contributed by atoms with Crippen LogP contribution in [-0.4, -0.2) is 41.0 Å². The molecular formula is C19H21ClO5. The second-order valence-electron chi connectivity index (χ2n) is 5.24. The molecule has 0 aromatic heterocycles. The van der Waals surface area contributed by atoms with Crippen molar-refractivity contribution in [3.05, 3.63) is 40.4 Å². The molecule has 0 saturated carbocycles. The Morgan fingerprint density at radius 2 is 1.64 bits per heavy atom. The topological polar surface area (TPSA) is 54.0 Å². The van der Waals surface area contributed by atoms with Crippen molar-refractivity contribution < 1.29 is 23.7 Å². The van der Waals surface area contributed by atoms with Crippen molar-refractivity contribution in [3.8, 4) is 11.5 Å². The fraction of sp³-hybridized carbons (Fsp3) is 0.316. The third-order valence-electron chi connectivity index (χ3n) is 3.85. The number of methoxy groups -OCH3 is 4. The second kappa shape index (κ2) is 8.74. The van der Waals surface area contributed by atoms with Gasteiger partial charge in [0.2, 0.25) is 0 Å². The molecule has 0 heterocycles. The molecule has 0 aliphatic carbocycles. The monoisotopic (exact) mass is 364 g/mol. The first kappa shape index (κ1) is 19.1. The van der Waals surface area contributed by atoms with Crippen LogP contribution >= 0.6 is 11.6 Å². The van der Waals surface area contributed by atoms with Gasteiger partial charge in [0.15, 0.2) is 0 Å². The molecule has 0 atom stereocenters. The summed E-state index contributed by atoms with van der Waals surface area (Å²) in [7, 11) is 6.03. The highest BCUT2D eigenvalue weighted by Gasteiger charge is 2.20. The Morgan fingerprint density at radius 1 is 1.04 bits per heavy atom. The van der Waals surface area contributed by atoms with E-state index in [1.807, 2.05) is 24.3 Å². The van der Waals surface area contributed by atoms with E-state index in [0.717, 1.165) is 10.8 Å². The van der Waals surface area contributed by atoms with Gasteiger partial charge in [-0.15, -0.1) is 0 Å². The zero-order valence-corrected chi connectivity index (χ0v) is 15.5. The highest BCUT2D eigenvalue weighted by molar-refractivity contribution is 6.35. The third-order valence-corrected chi connectivity index (χ3v) is 4.22. The van der Waals surface area contributed by atoms with Gasteiger partial charge in [0.25, 0.3) is 0 Å². The summed E-state index contributed by atoms with van der Waals surface area (Å²) in [5, 5.41) is 2.05. The Kier molecular flexibility index (Phi) is 6.67. The number of rotatable bonds is 7. The van der Waals surface area contributed by atoms with E-state index in [1.54, 1.807) is 27.4 Å². The predicted octanol–water partition coefficient (Wildman–Crippen LogP) is 4.10. The number of hydrogen-bond donors (Lipinski definition) is 0. The lowest BCUT2D eigenvalue weighted by Gasteiger charge is -2.16. The highest BCUT2D eigenvalue weighted by atomic mass is 35.5. The molecule has 0 radical (unpaired) electrons. The maximum Gasteiger partial charge on any atom is 0.333 e. The van der Waals surface area contributed by atoms with Gasteiger partial charge >= 0.3 is 5.97 Å². The van der Waals surface area contributed by atoms with Gasteiger partial charge in [0.05, 0.1) is 33.0 Å². The SMILES string of the molecule is COCCC(=Cc1c(Cl)c(OC)c2ccccc2c1OC)C(=O)OC. The van der Waals surface area contributed by atoms with Crippen LogP contribution in [0.1, 0.15) is 12.0 Å². The van der Waals surface area contributed by atoms with Crippen LogP contribution in [0.3, 0.4) is 0 Å². The maximum absolute atomic E-state index is 12.1. The van der Waals surface area contributed by atoms with Gasteiger partial charge in [-0.1, -0.05) is 35.9 Å². The largest absolute Gasteiger partial charge is 0.495 e. The summed E-state index contributed by atoms with van der Waals surface area (Å²) in [5.74, 6) is 0.655. The van der Waals surface area contributed by atoms with Crippen molar-refractivity contribution in [2.75, 3.05) is 35.0 Å². The van der Waals surface area contributed by atoms with Crippen LogP contribution in [0.4, 0.5) is 0 Å². The minimum absolute atomic E-state index is 0.372. The molecule has 2 aromatic rings. The number of halogens is 1. The summed E-state index contributed by atoms with van der Waals surface area (Å²) in [6.45, 7) is 0.381. The van der Waals surface area contributed by atoms with Crippen LogP contribution in [-0.2, 0) is 14.3 Å². The van der Waals surface area contributed by atoms with Gasteiger partial charge in [-0.05, 0) is 6.08 Å². The van der Waals surface area contributed by atoms with Crippen LogP contribution in [0.15, 0.2) is 29.8 Å². The summed E-state index contributed by atoms with van der Waals surface area (Å²) in [6.07, 6.45) is 2.05. The molecule has 6 heteroatoms. The molecule has 0 unspecified atom stereocenters. The Morgan fingerprint density at radius 3 is 2.16 bits per heavy atom. The molecule has 25 heavy (non-hydrogen) atoms. The van der Waals surface area contributed by atoms with Crippen LogP contribution in [0.2, 0.25) is 5.02 Å². The number of fused-ring (bicyclic) bond motifs is 1. The molecular weight excluding hydrogens is 344 g/mol. The fourth-order valence-corrected chi connectivity index (χ4v) is 2.98. The average Bonchev–Trinajstić information content (AvgIpc) is 2.64. The van der Waals surface area contributed by atoms with Crippen molar-refractivity contribution in [3.63, 3.8) is 0 Å². The van der Waals surface area contributed by atoms with Gasteiger partial charge < -0.3 is 18.9 Å². The second-order valence-corrected chi connectivity index (χ2v) is 5.62. The Hall–Kier alpha value is -2.24. The fourth-order valence-electron chi connectivity index (χ4n) is 2.66. The number of carbonyl (C=O) groups excluding carboxylic acids is 1. The number of esters is 1. The number of ether oxygens (including phenoxy) is 4. The number of carbonyl (C=O) groups is 1. The summed E-state index contributed by atoms with van der Waals surface area (Å²) in [5.41, 5.74) is 0.998. The van der Waals surface area contributed by atoms with E-state index in [4.69, 9.17) is 30.5 Å². The first-order valence-corrected chi connectivity index (χ1v) is 8.06. The lowest BCUT2D eigenvalue weighted by Crippen LogP contribution is -2.07. The molecule has 0 saturated heterocycles. The normalized spacial score (nSPS) is 11.5. The standard InChI is InChI=1S/C19H21ClO5/c1-22-10-9-12(19(21)25-4)11-15-16(20)18(24-3)14-8-6-5-7-13(14)17(15)23-2/h5-8,11H,9-10H2,1-4H3. The average molecular weight is 365 g/mol. The van der Waals surface area contributed by atoms with Crippen molar-refractivity contribution in [1.29, 1.82) is 0 Å². The van der Waals surface area contributed by atoms with Gasteiger partial charge in [-0.25, -0.2) is 4.79 Å². The van der Waals surface area contributed by atoms with Gasteiger partial charge in [0.1, 0.15) is 11.5 Å². The molecule has 2 aromatic carbocycles. The molecule has 0 spiro atoms. The van der Waals surface area contributed by atoms with Crippen LogP contribution in [0.5, 0.6) is 11.5 Å². The Balaban J connectivity index is 2.76. The molecule has 0 aliphatic heterocycles. The van der Waals surface area contributed by atoms with Crippen molar-refractivity contribution in [2.24, 2.45) is 0 Å². The summed E-state index contributed by atoms with van der Waals surface area (Å²) in [4.78, 5) is 12.1. The van der Waals surface area contributed by atoms with Crippen molar-refractivity contribution in [1.82, 2.24) is 0 Å². The van der Waals surface area contributed by atoms with E-state index in [-0.39, 0.29) is 0 Å². The molecule has 2 rings (SSSR count). The van der Waals surface area contributed by atoms with Crippen LogP contribution < -0.4 is 9.47 Å². The maximum atomic E-state index is 12.1. The zero-order chi connectivity index (χ0) is 18.4. The predicted molar refractivity (Wildman–Crippen MR) is 98.5 cm³/mol. The van der Waals surface area contributed by atoms with Crippen LogP contribution in [0, 0.1) is 0 Å². The zero-order valence-electron chi connectivity index (χ0n) is 14.7. The summed E-state index contributed by atoms with van der Waals surface area (Å²) >= 11 is 6.56. The van der Waals surface area contributed by atoms with E-state index in [9.17, 15) is 4.79 Å². The van der Waals surface area contributed by atoms with Gasteiger partial charge in [0, 0.05) is 35.4 Å². The lowest BCUT2D eigenvalue weighted by molar-refractivity contribution is -0.136. The van der Waals surface area contributed by atoms with E-state index in [2.05, 4.69) is 0 Å². The minimum Gasteiger partial charge on any atom is -0.495 e. The Labute approximate surface area is 152 Å². The Bertz CT molecular complexity index is 798. The summed E-state index contributed by atoms with van der Waals surface area (Å²) in [6, 6.07) is 7.62. The smallest absolute Gasteiger partial charge is 0.333 e. The van der Waals surface area contributed by atoms with Gasteiger partial charge in [-0.3, -0.25) is 0 Å². The quantitative estimate of drug-likeness (QED) is 0.546. The number of benzene rings is 2. The molecule has 0 fully saturated rings. The highest BCUT2D eigenvalue weighted by Crippen LogP contribution is 2.44. The van der Waals surface area contributed by atoms with E-state index in [1.165, 1.54) is 7.11 Å². The molecule has 0 bridgehead atoms. The lowest BCUT2D eigenvalue weighted by atomic mass is 10.0. The molecule has 134 valence electrons. The first-order chi connectivity index (χ1) is 12.1. The first-order valence-electron chi connectivity index (χ1n) is 7.69. The third kappa shape index (κ3) is 3.89. The summed E-state index contributed by atoms with van der Waals surface area (Å²) < 4.78 is 21.0.